The van der Waals surface area contributed by atoms with E-state index in [0.29, 0.717) is 34.4 Å². The molecule has 0 atom stereocenters. The van der Waals surface area contributed by atoms with E-state index in [1.807, 2.05) is 17.5 Å². The van der Waals surface area contributed by atoms with Crippen LogP contribution in [0.5, 0.6) is 17.2 Å². The third-order valence-electron chi connectivity index (χ3n) is 3.75. The van der Waals surface area contributed by atoms with Gasteiger partial charge in [0.1, 0.15) is 12.3 Å². The maximum absolute atomic E-state index is 12.2. The molecule has 2 heterocycles. The number of carbonyl (C=O) groups is 1. The van der Waals surface area contributed by atoms with E-state index in [2.05, 4.69) is 10.5 Å². The Morgan fingerprint density at radius 1 is 1.14 bits per heavy atom. The summed E-state index contributed by atoms with van der Waals surface area (Å²) in [7, 11) is 4.53. The number of nitrogens with zero attached hydrogens (tertiary/aromatic N) is 1. The molecule has 0 aliphatic heterocycles. The summed E-state index contributed by atoms with van der Waals surface area (Å²) in [6.45, 7) is 0.0232. The van der Waals surface area contributed by atoms with Crippen molar-refractivity contribution in [3.8, 4) is 27.9 Å². The first-order valence-corrected chi connectivity index (χ1v) is 9.19. The van der Waals surface area contributed by atoms with Crippen LogP contribution in [0.25, 0.3) is 10.6 Å². The highest BCUT2D eigenvalue weighted by Crippen LogP contribution is 2.39. The van der Waals surface area contributed by atoms with Crippen molar-refractivity contribution >= 4 is 22.9 Å². The van der Waals surface area contributed by atoms with E-state index in [9.17, 15) is 4.79 Å². The number of hydrogen-bond donors (Lipinski definition) is 1. The lowest BCUT2D eigenvalue weighted by Crippen LogP contribution is -2.18. The highest BCUT2D eigenvalue weighted by Gasteiger charge is 2.15. The molecular weight excluding hydrogens is 384 g/mol. The van der Waals surface area contributed by atoms with Gasteiger partial charge < -0.3 is 28.8 Å². The van der Waals surface area contributed by atoms with Gasteiger partial charge in [-0.3, -0.25) is 4.79 Å². The molecule has 3 rings (SSSR count). The Kier molecular flexibility index (Phi) is 6.51. The monoisotopic (exact) mass is 404 g/mol. The Labute approximate surface area is 166 Å². The number of benzene rings is 1. The van der Waals surface area contributed by atoms with Crippen molar-refractivity contribution < 1.29 is 28.3 Å². The standard InChI is InChI=1S/C19H20N2O6S/c1-23-15-7-12(8-16(24-2)19(15)25-3)20-18(22)11-26-10-13-9-14(27-21-13)17-5-4-6-28-17/h4-9H,10-11H2,1-3H3,(H,20,22). The van der Waals surface area contributed by atoms with E-state index in [-0.39, 0.29) is 19.1 Å². The fourth-order valence-electron chi connectivity index (χ4n) is 2.51. The second kappa shape index (κ2) is 9.25. The lowest BCUT2D eigenvalue weighted by molar-refractivity contribution is -0.121. The number of anilines is 1. The van der Waals surface area contributed by atoms with Crippen molar-refractivity contribution in [2.45, 2.75) is 6.61 Å². The van der Waals surface area contributed by atoms with Gasteiger partial charge in [0.15, 0.2) is 17.3 Å². The van der Waals surface area contributed by atoms with Crippen molar-refractivity contribution in [1.82, 2.24) is 5.16 Å². The first-order valence-electron chi connectivity index (χ1n) is 8.31. The summed E-state index contributed by atoms with van der Waals surface area (Å²) >= 11 is 1.56. The number of amides is 1. The summed E-state index contributed by atoms with van der Waals surface area (Å²) < 4.78 is 26.5. The molecule has 9 heteroatoms. The highest BCUT2D eigenvalue weighted by molar-refractivity contribution is 7.13. The smallest absolute Gasteiger partial charge is 0.250 e. The fourth-order valence-corrected chi connectivity index (χ4v) is 3.19. The number of ether oxygens (including phenoxy) is 4. The Morgan fingerprint density at radius 2 is 1.89 bits per heavy atom. The van der Waals surface area contributed by atoms with Gasteiger partial charge in [-0.1, -0.05) is 11.2 Å². The number of hydrogen-bond acceptors (Lipinski definition) is 8. The summed E-state index contributed by atoms with van der Waals surface area (Å²) in [5, 5.41) is 8.64. The van der Waals surface area contributed by atoms with Crippen molar-refractivity contribution in [2.75, 3.05) is 33.3 Å². The van der Waals surface area contributed by atoms with Crippen LogP contribution in [-0.2, 0) is 16.1 Å². The van der Waals surface area contributed by atoms with Crippen LogP contribution in [0.4, 0.5) is 5.69 Å². The second-order valence-corrected chi connectivity index (χ2v) is 6.56. The molecule has 0 saturated carbocycles. The van der Waals surface area contributed by atoms with Crippen molar-refractivity contribution in [2.24, 2.45) is 0 Å². The van der Waals surface area contributed by atoms with Gasteiger partial charge >= 0.3 is 0 Å². The molecule has 148 valence electrons. The zero-order valence-electron chi connectivity index (χ0n) is 15.7. The van der Waals surface area contributed by atoms with Gasteiger partial charge in [-0.05, 0) is 11.4 Å². The number of rotatable bonds is 9. The lowest BCUT2D eigenvalue weighted by atomic mass is 10.2. The van der Waals surface area contributed by atoms with Crippen LogP contribution in [-0.4, -0.2) is 39.0 Å². The Hall–Kier alpha value is -3.04. The average molecular weight is 404 g/mol. The summed E-state index contributed by atoms with van der Waals surface area (Å²) in [5.41, 5.74) is 1.12. The zero-order valence-corrected chi connectivity index (χ0v) is 16.5. The molecule has 1 amide bonds. The van der Waals surface area contributed by atoms with Crippen molar-refractivity contribution in [3.05, 3.63) is 41.4 Å². The van der Waals surface area contributed by atoms with Crippen LogP contribution in [0.3, 0.4) is 0 Å². The van der Waals surface area contributed by atoms with Gasteiger partial charge in [-0.25, -0.2) is 0 Å². The molecule has 28 heavy (non-hydrogen) atoms. The summed E-state index contributed by atoms with van der Waals surface area (Å²) in [5.74, 6) is 1.70. The number of thiophene rings is 1. The topological polar surface area (TPSA) is 92.1 Å². The van der Waals surface area contributed by atoms with Crippen LogP contribution < -0.4 is 19.5 Å². The predicted molar refractivity (Wildman–Crippen MR) is 104 cm³/mol. The molecule has 1 N–H and O–H groups in total. The maximum Gasteiger partial charge on any atom is 0.250 e. The number of nitrogens with one attached hydrogen (secondary N) is 1. The molecule has 0 aliphatic carbocycles. The minimum absolute atomic E-state index is 0.141. The lowest BCUT2D eigenvalue weighted by Gasteiger charge is -2.14. The molecule has 0 saturated heterocycles. The van der Waals surface area contributed by atoms with Gasteiger partial charge in [-0.2, -0.15) is 0 Å². The van der Waals surface area contributed by atoms with Crippen LogP contribution >= 0.6 is 11.3 Å². The fraction of sp³-hybridized carbons (Fsp3) is 0.263. The molecular formula is C19H20N2O6S. The minimum atomic E-state index is -0.323. The van der Waals surface area contributed by atoms with Gasteiger partial charge in [0.25, 0.3) is 0 Å². The summed E-state index contributed by atoms with van der Waals surface area (Å²) in [6.07, 6.45) is 0. The van der Waals surface area contributed by atoms with Crippen LogP contribution in [0.1, 0.15) is 5.69 Å². The van der Waals surface area contributed by atoms with Gasteiger partial charge in [0.05, 0.1) is 32.8 Å². The molecule has 0 aliphatic rings. The maximum atomic E-state index is 12.2. The Balaban J connectivity index is 1.55. The van der Waals surface area contributed by atoms with Gasteiger partial charge in [0, 0.05) is 23.9 Å². The Morgan fingerprint density at radius 3 is 2.50 bits per heavy atom. The summed E-state index contributed by atoms with van der Waals surface area (Å²) in [6, 6.07) is 8.96. The number of carbonyl (C=O) groups excluding carboxylic acids is 1. The average Bonchev–Trinajstić information content (AvgIpc) is 3.38. The van der Waals surface area contributed by atoms with Gasteiger partial charge in [-0.15, -0.1) is 11.3 Å². The van der Waals surface area contributed by atoms with E-state index in [0.717, 1.165) is 4.88 Å². The van der Waals surface area contributed by atoms with E-state index in [1.54, 1.807) is 29.5 Å². The van der Waals surface area contributed by atoms with Crippen LogP contribution in [0.2, 0.25) is 0 Å². The first-order chi connectivity index (χ1) is 13.6. The quantitative estimate of drug-likeness (QED) is 0.583. The zero-order chi connectivity index (χ0) is 19.9. The number of methoxy groups -OCH3 is 3. The van der Waals surface area contributed by atoms with Crippen molar-refractivity contribution in [1.29, 1.82) is 0 Å². The molecule has 0 bridgehead atoms. The SMILES string of the molecule is COc1cc(NC(=O)COCc2cc(-c3cccs3)on2)cc(OC)c1OC. The van der Waals surface area contributed by atoms with E-state index < -0.39 is 0 Å². The summed E-state index contributed by atoms with van der Waals surface area (Å²) in [4.78, 5) is 13.1. The minimum Gasteiger partial charge on any atom is -0.493 e. The molecule has 2 aromatic heterocycles. The third kappa shape index (κ3) is 4.62. The first kappa shape index (κ1) is 19.7. The Bertz CT molecular complexity index is 897. The number of aromatic nitrogens is 1. The second-order valence-electron chi connectivity index (χ2n) is 5.61. The molecule has 1 aromatic carbocycles. The van der Waals surface area contributed by atoms with E-state index in [4.69, 9.17) is 23.5 Å². The van der Waals surface area contributed by atoms with E-state index in [1.165, 1.54) is 21.3 Å². The van der Waals surface area contributed by atoms with E-state index >= 15 is 0 Å². The third-order valence-corrected chi connectivity index (χ3v) is 4.64. The normalized spacial score (nSPS) is 10.5. The van der Waals surface area contributed by atoms with Crippen LogP contribution in [0.15, 0.2) is 40.2 Å². The molecule has 0 spiro atoms. The highest BCUT2D eigenvalue weighted by atomic mass is 32.1. The molecule has 3 aromatic rings. The van der Waals surface area contributed by atoms with Crippen molar-refractivity contribution in [3.63, 3.8) is 0 Å². The molecule has 0 fully saturated rings. The molecule has 8 nitrogen and oxygen atoms in total. The van der Waals surface area contributed by atoms with Gasteiger partial charge in [0.2, 0.25) is 11.7 Å². The largest absolute Gasteiger partial charge is 0.493 e. The predicted octanol–water partition coefficient (Wildman–Crippen LogP) is 3.58. The van der Waals surface area contributed by atoms with Crippen LogP contribution in [0, 0.1) is 0 Å². The molecule has 0 unspecified atom stereocenters. The molecule has 0 radical (unpaired) electrons.